The number of rotatable bonds is 5. The molecule has 4 atom stereocenters. The maximum absolute atomic E-state index is 13.0. The van der Waals surface area contributed by atoms with Crippen molar-refractivity contribution in [3.05, 3.63) is 47.8 Å². The number of aryl methyl sites for hydroxylation is 1. The number of fused-ring (bicyclic) bond motifs is 4. The minimum absolute atomic E-state index is 0.276. The van der Waals surface area contributed by atoms with Crippen LogP contribution >= 0.6 is 0 Å². The van der Waals surface area contributed by atoms with E-state index >= 15 is 0 Å². The highest BCUT2D eigenvalue weighted by molar-refractivity contribution is 5.78. The number of likely N-dealkylation sites (tertiary alicyclic amines) is 1. The van der Waals surface area contributed by atoms with Crippen molar-refractivity contribution in [2.24, 2.45) is 18.9 Å². The number of hydrogen-bond donors (Lipinski definition) is 0. The third-order valence-corrected chi connectivity index (χ3v) is 7.31. The van der Waals surface area contributed by atoms with Crippen LogP contribution in [0.1, 0.15) is 36.9 Å². The topological polar surface area (TPSA) is 50.6 Å². The van der Waals surface area contributed by atoms with Gasteiger partial charge in [-0.1, -0.05) is 12.1 Å². The maximum Gasteiger partial charge on any atom is 0.223 e. The van der Waals surface area contributed by atoms with Crippen LogP contribution in [0.3, 0.4) is 0 Å². The van der Waals surface area contributed by atoms with Gasteiger partial charge in [-0.2, -0.15) is 5.10 Å². The second-order valence-electron chi connectivity index (χ2n) is 9.31. The second-order valence-corrected chi connectivity index (χ2v) is 9.31. The van der Waals surface area contributed by atoms with Crippen LogP contribution in [0.5, 0.6) is 5.75 Å². The highest BCUT2D eigenvalue weighted by Gasteiger charge is 2.49. The first-order valence-corrected chi connectivity index (χ1v) is 11.3. The summed E-state index contributed by atoms with van der Waals surface area (Å²) in [6.45, 7) is 3.02. The Kier molecular flexibility index (Phi) is 5.27. The minimum atomic E-state index is 0.276. The number of piperidine rings is 3. The predicted octanol–water partition coefficient (Wildman–Crippen LogP) is 2.87. The second kappa shape index (κ2) is 8.06. The number of carbonyl (C=O) groups is 1. The number of nitrogens with zero attached hydrogens (tertiary/aromatic N) is 4. The zero-order valence-electron chi connectivity index (χ0n) is 18.0. The molecule has 0 radical (unpaired) electrons. The van der Waals surface area contributed by atoms with Crippen molar-refractivity contribution in [1.29, 1.82) is 0 Å². The smallest absolute Gasteiger partial charge is 0.223 e. The van der Waals surface area contributed by atoms with E-state index in [4.69, 9.17) is 4.74 Å². The van der Waals surface area contributed by atoms with E-state index in [1.54, 1.807) is 7.11 Å². The maximum atomic E-state index is 13.0. The molecule has 3 aliphatic heterocycles. The Morgan fingerprint density at radius 3 is 2.87 bits per heavy atom. The molecule has 0 aliphatic carbocycles. The molecule has 1 aromatic heterocycles. The lowest BCUT2D eigenvalue weighted by Gasteiger charge is -2.56. The number of aromatic nitrogens is 2. The van der Waals surface area contributed by atoms with E-state index in [0.717, 1.165) is 50.3 Å². The molecule has 30 heavy (non-hydrogen) atoms. The van der Waals surface area contributed by atoms with E-state index < -0.39 is 0 Å². The Morgan fingerprint density at radius 1 is 1.20 bits per heavy atom. The van der Waals surface area contributed by atoms with Gasteiger partial charge in [0.25, 0.3) is 0 Å². The van der Waals surface area contributed by atoms with Crippen molar-refractivity contribution < 1.29 is 9.53 Å². The van der Waals surface area contributed by atoms with E-state index in [1.807, 2.05) is 24.0 Å². The minimum Gasteiger partial charge on any atom is -0.497 e. The molecule has 1 amide bonds. The Labute approximate surface area is 178 Å². The Morgan fingerprint density at radius 2 is 2.07 bits per heavy atom. The molecule has 5 rings (SSSR count). The first-order chi connectivity index (χ1) is 14.6. The SMILES string of the molecule is COc1cccc(C[C@H]2[C@H]3C[C@H](CN(Cc4ccn(C)n4)C3)[C@@H]3CCCC(=O)N32)c1. The molecule has 0 unspecified atom stereocenters. The summed E-state index contributed by atoms with van der Waals surface area (Å²) in [5, 5.41) is 4.59. The number of ether oxygens (including phenoxy) is 1. The molecule has 3 saturated heterocycles. The van der Waals surface area contributed by atoms with Crippen LogP contribution < -0.4 is 4.74 Å². The molecular formula is C24H32N4O2. The number of hydrogen-bond acceptors (Lipinski definition) is 4. The van der Waals surface area contributed by atoms with Gasteiger partial charge < -0.3 is 9.64 Å². The van der Waals surface area contributed by atoms with Crippen LogP contribution in [0.25, 0.3) is 0 Å². The molecule has 3 fully saturated rings. The zero-order chi connectivity index (χ0) is 20.7. The third-order valence-electron chi connectivity index (χ3n) is 7.31. The molecule has 0 saturated carbocycles. The van der Waals surface area contributed by atoms with Crippen molar-refractivity contribution in [3.63, 3.8) is 0 Å². The summed E-state index contributed by atoms with van der Waals surface area (Å²) < 4.78 is 7.32. The normalized spacial score (nSPS) is 29.0. The molecule has 3 aliphatic rings. The standard InChI is InChI=1S/C24H32N4O2/c1-26-10-9-20(25-26)16-27-14-18-13-19(15-27)23(28-22(18)7-4-8-24(28)29)12-17-5-3-6-21(11-17)30-2/h3,5-6,9-11,18-19,22-23H,4,7-8,12-16H2,1-2H3/t18-,19+,22+,23+/m1/s1. The van der Waals surface area contributed by atoms with Gasteiger partial charge in [0.15, 0.2) is 0 Å². The lowest BCUT2D eigenvalue weighted by molar-refractivity contribution is -0.152. The van der Waals surface area contributed by atoms with Crippen LogP contribution in [0.2, 0.25) is 0 Å². The van der Waals surface area contributed by atoms with E-state index in [9.17, 15) is 4.79 Å². The summed E-state index contributed by atoms with van der Waals surface area (Å²) in [6, 6.07) is 11.1. The van der Waals surface area contributed by atoms with Gasteiger partial charge in [-0.15, -0.1) is 0 Å². The number of methoxy groups -OCH3 is 1. The van der Waals surface area contributed by atoms with E-state index in [0.29, 0.717) is 30.2 Å². The number of carbonyl (C=O) groups excluding carboxylic acids is 1. The van der Waals surface area contributed by atoms with Crippen molar-refractivity contribution in [2.45, 2.75) is 50.7 Å². The first kappa shape index (κ1) is 19.6. The molecule has 2 aromatic rings. The third kappa shape index (κ3) is 3.73. The summed E-state index contributed by atoms with van der Waals surface area (Å²) in [5.41, 5.74) is 2.40. The molecule has 0 N–H and O–H groups in total. The van der Waals surface area contributed by atoms with Crippen LogP contribution in [0.15, 0.2) is 36.5 Å². The highest BCUT2D eigenvalue weighted by atomic mass is 16.5. The molecule has 4 heterocycles. The molecule has 0 spiro atoms. The Balaban J connectivity index is 1.40. The average molecular weight is 409 g/mol. The molecule has 6 nitrogen and oxygen atoms in total. The number of amides is 1. The zero-order valence-corrected chi connectivity index (χ0v) is 18.0. The Hall–Kier alpha value is -2.34. The molecular weight excluding hydrogens is 376 g/mol. The van der Waals surface area contributed by atoms with Gasteiger partial charge >= 0.3 is 0 Å². The van der Waals surface area contributed by atoms with Gasteiger partial charge in [-0.05, 0) is 61.3 Å². The number of benzene rings is 1. The van der Waals surface area contributed by atoms with Gasteiger partial charge in [0, 0.05) is 51.4 Å². The molecule has 6 heteroatoms. The molecule has 1 aromatic carbocycles. The van der Waals surface area contributed by atoms with Gasteiger partial charge in [0.05, 0.1) is 12.8 Å². The van der Waals surface area contributed by atoms with Crippen molar-refractivity contribution in [2.75, 3.05) is 20.2 Å². The monoisotopic (exact) mass is 408 g/mol. The van der Waals surface area contributed by atoms with Crippen LogP contribution in [-0.2, 0) is 24.8 Å². The fourth-order valence-corrected chi connectivity index (χ4v) is 6.08. The lowest BCUT2D eigenvalue weighted by Crippen LogP contribution is -2.65. The van der Waals surface area contributed by atoms with Crippen molar-refractivity contribution in [1.82, 2.24) is 19.6 Å². The molecule has 2 bridgehead atoms. The van der Waals surface area contributed by atoms with Crippen molar-refractivity contribution >= 4 is 5.91 Å². The van der Waals surface area contributed by atoms with Crippen LogP contribution in [0.4, 0.5) is 0 Å². The van der Waals surface area contributed by atoms with Gasteiger partial charge in [-0.25, -0.2) is 0 Å². The summed E-state index contributed by atoms with van der Waals surface area (Å²) in [4.78, 5) is 17.9. The molecule has 160 valence electrons. The average Bonchev–Trinajstić information content (AvgIpc) is 3.16. The summed E-state index contributed by atoms with van der Waals surface area (Å²) in [5.74, 6) is 2.35. The van der Waals surface area contributed by atoms with Crippen LogP contribution in [0, 0.1) is 11.8 Å². The van der Waals surface area contributed by atoms with Crippen LogP contribution in [-0.4, -0.2) is 57.8 Å². The highest BCUT2D eigenvalue weighted by Crippen LogP contribution is 2.43. The fourth-order valence-electron chi connectivity index (χ4n) is 6.08. The summed E-state index contributed by atoms with van der Waals surface area (Å²) in [6.07, 6.45) is 7.06. The Bertz CT molecular complexity index is 910. The lowest BCUT2D eigenvalue weighted by atomic mass is 9.70. The van der Waals surface area contributed by atoms with E-state index in [-0.39, 0.29) is 6.04 Å². The van der Waals surface area contributed by atoms with Crippen molar-refractivity contribution in [3.8, 4) is 5.75 Å². The largest absolute Gasteiger partial charge is 0.497 e. The predicted molar refractivity (Wildman–Crippen MR) is 115 cm³/mol. The summed E-state index contributed by atoms with van der Waals surface area (Å²) >= 11 is 0. The van der Waals surface area contributed by atoms with E-state index in [2.05, 4.69) is 39.2 Å². The fraction of sp³-hybridized carbons (Fsp3) is 0.583. The summed E-state index contributed by atoms with van der Waals surface area (Å²) in [7, 11) is 3.69. The van der Waals surface area contributed by atoms with E-state index in [1.165, 1.54) is 12.0 Å². The van der Waals surface area contributed by atoms with Gasteiger partial charge in [0.2, 0.25) is 5.91 Å². The first-order valence-electron chi connectivity index (χ1n) is 11.3. The van der Waals surface area contributed by atoms with Gasteiger partial charge in [0.1, 0.15) is 5.75 Å². The van der Waals surface area contributed by atoms with Gasteiger partial charge in [-0.3, -0.25) is 14.4 Å². The quantitative estimate of drug-likeness (QED) is 0.763.